The van der Waals surface area contributed by atoms with Crippen molar-refractivity contribution in [3.63, 3.8) is 0 Å². The molecule has 0 saturated carbocycles. The van der Waals surface area contributed by atoms with Crippen molar-refractivity contribution in [3.8, 4) is 0 Å². The van der Waals surface area contributed by atoms with Gasteiger partial charge in [0.15, 0.2) is 10.5 Å². The molecule has 8 nitrogen and oxygen atoms in total. The minimum absolute atomic E-state index is 0.324. The van der Waals surface area contributed by atoms with Gasteiger partial charge in [-0.2, -0.15) is 5.06 Å². The van der Waals surface area contributed by atoms with Crippen LogP contribution in [0.3, 0.4) is 0 Å². The van der Waals surface area contributed by atoms with Gasteiger partial charge in [0, 0.05) is 11.1 Å². The monoisotopic (exact) mass is 481 g/mol. The van der Waals surface area contributed by atoms with E-state index in [2.05, 4.69) is 16.1 Å². The third-order valence-electron chi connectivity index (χ3n) is 5.14. The minimum Gasteiger partial charge on any atom is -0.306 e. The van der Waals surface area contributed by atoms with Crippen LogP contribution >= 0.6 is 24.0 Å². The highest BCUT2D eigenvalue weighted by Crippen LogP contribution is 2.41. The number of hydroxylamine groups is 2. The fraction of sp³-hybridized carbons (Fsp3) is 0.174. The zero-order valence-electron chi connectivity index (χ0n) is 18.0. The molecule has 1 atom stereocenters. The molecule has 0 spiro atoms. The molecule has 4 N–H and O–H groups in total. The van der Waals surface area contributed by atoms with Crippen molar-refractivity contribution in [2.24, 2.45) is 0 Å². The van der Waals surface area contributed by atoms with E-state index in [1.165, 1.54) is 16.8 Å². The molecular formula is C23H23N5O3S2. The van der Waals surface area contributed by atoms with Crippen LogP contribution in [0.15, 0.2) is 72.8 Å². The number of thiocarbonyl (C=S) groups is 1. The second kappa shape index (κ2) is 9.26. The number of carbonyl (C=O) groups is 2. The van der Waals surface area contributed by atoms with Gasteiger partial charge in [-0.05, 0) is 37.4 Å². The van der Waals surface area contributed by atoms with E-state index in [9.17, 15) is 14.8 Å². The Bertz CT molecular complexity index is 1200. The van der Waals surface area contributed by atoms with Crippen LogP contribution in [-0.4, -0.2) is 42.6 Å². The molecule has 1 heterocycles. The lowest BCUT2D eigenvalue weighted by molar-refractivity contribution is -0.120. The highest BCUT2D eigenvalue weighted by Gasteiger charge is 2.50. The van der Waals surface area contributed by atoms with Gasteiger partial charge in [0.05, 0.1) is 10.4 Å². The molecule has 10 heteroatoms. The number of urea groups is 2. The first kappa shape index (κ1) is 22.8. The molecule has 0 unspecified atom stereocenters. The molecular weight excluding hydrogens is 458 g/mol. The van der Waals surface area contributed by atoms with E-state index < -0.39 is 23.0 Å². The van der Waals surface area contributed by atoms with E-state index >= 15 is 0 Å². The molecule has 33 heavy (non-hydrogen) atoms. The second-order valence-corrected chi connectivity index (χ2v) is 10.2. The van der Waals surface area contributed by atoms with Gasteiger partial charge in [-0.15, -0.1) is 0 Å². The molecule has 4 amide bonds. The summed E-state index contributed by atoms with van der Waals surface area (Å²) in [5, 5.41) is 20.0. The fourth-order valence-corrected chi connectivity index (χ4v) is 5.45. The maximum absolute atomic E-state index is 12.9. The fourth-order valence-electron chi connectivity index (χ4n) is 3.66. The predicted molar refractivity (Wildman–Crippen MR) is 135 cm³/mol. The molecule has 0 radical (unpaired) electrons. The topological polar surface area (TPSA) is 96.9 Å². The molecule has 1 aliphatic heterocycles. The smallest absolute Gasteiger partial charge is 0.306 e. The van der Waals surface area contributed by atoms with Crippen molar-refractivity contribution in [2.75, 3.05) is 10.6 Å². The molecule has 0 aromatic heterocycles. The summed E-state index contributed by atoms with van der Waals surface area (Å²) in [6.07, 6.45) is -0.947. The van der Waals surface area contributed by atoms with Gasteiger partial charge in [0.1, 0.15) is 0 Å². The molecule has 3 aromatic carbocycles. The SMILES string of the molecule is CC1(C)SC(=S)N(NC(=O)Nc2cccc3ccccc23)[C@H]1N(O)C(=O)Nc1ccccc1. The predicted octanol–water partition coefficient (Wildman–Crippen LogP) is 5.24. The molecule has 1 fully saturated rings. The highest BCUT2D eigenvalue weighted by molar-refractivity contribution is 8.24. The normalized spacial score (nSPS) is 17.0. The zero-order chi connectivity index (χ0) is 23.6. The summed E-state index contributed by atoms with van der Waals surface area (Å²) < 4.78 is -0.378. The van der Waals surface area contributed by atoms with Crippen molar-refractivity contribution >= 4 is 62.5 Å². The standard InChI is InChI=1S/C23H23N5O3S2/c1-23(2)19(28(31)21(30)24-16-11-4-3-5-12-16)27(22(32)33-23)26-20(29)25-18-14-8-10-15-9-6-7-13-17(15)18/h3-14,19,31H,1-2H3,(H,24,30)(H2,25,26,29)/t19-/m0/s1. The first-order valence-electron chi connectivity index (χ1n) is 10.2. The van der Waals surface area contributed by atoms with Crippen LogP contribution in [0.1, 0.15) is 13.8 Å². The Kier molecular flexibility index (Phi) is 6.41. The summed E-state index contributed by atoms with van der Waals surface area (Å²) in [6.45, 7) is 3.66. The van der Waals surface area contributed by atoms with E-state index in [1.807, 2.05) is 56.3 Å². The molecule has 1 aliphatic rings. The van der Waals surface area contributed by atoms with Gasteiger partial charge < -0.3 is 10.6 Å². The Morgan fingerprint density at radius 3 is 2.42 bits per heavy atom. The van der Waals surface area contributed by atoms with Crippen LogP contribution in [0, 0.1) is 0 Å². The van der Waals surface area contributed by atoms with Crippen LogP contribution in [0.25, 0.3) is 10.8 Å². The van der Waals surface area contributed by atoms with E-state index in [0.29, 0.717) is 20.8 Å². The average molecular weight is 482 g/mol. The summed E-state index contributed by atoms with van der Waals surface area (Å²) in [4.78, 5) is 25.6. The third-order valence-corrected chi connectivity index (χ3v) is 6.69. The van der Waals surface area contributed by atoms with Crippen LogP contribution in [0.4, 0.5) is 21.0 Å². The Hall–Kier alpha value is -3.34. The van der Waals surface area contributed by atoms with Crippen LogP contribution in [0.5, 0.6) is 0 Å². The number of amides is 4. The number of hydrogen-bond acceptors (Lipinski definition) is 5. The average Bonchev–Trinajstić information content (AvgIpc) is 3.01. The first-order valence-corrected chi connectivity index (χ1v) is 11.4. The number of hydrogen-bond donors (Lipinski definition) is 4. The summed E-state index contributed by atoms with van der Waals surface area (Å²) in [5.74, 6) is 0. The first-order chi connectivity index (χ1) is 15.8. The number of anilines is 2. The van der Waals surface area contributed by atoms with Crippen molar-refractivity contribution in [1.82, 2.24) is 15.5 Å². The highest BCUT2D eigenvalue weighted by atomic mass is 32.2. The van der Waals surface area contributed by atoms with Gasteiger partial charge in [0.2, 0.25) is 0 Å². The molecule has 0 bridgehead atoms. The summed E-state index contributed by atoms with van der Waals surface area (Å²) in [6, 6.07) is 20.8. The van der Waals surface area contributed by atoms with Gasteiger partial charge in [-0.1, -0.05) is 78.6 Å². The Morgan fingerprint density at radius 2 is 1.67 bits per heavy atom. The number of nitrogens with one attached hydrogen (secondary N) is 3. The zero-order valence-corrected chi connectivity index (χ0v) is 19.6. The van der Waals surface area contributed by atoms with E-state index in [0.717, 1.165) is 10.8 Å². The molecule has 1 saturated heterocycles. The number of para-hydroxylation sites is 1. The van der Waals surface area contributed by atoms with E-state index in [4.69, 9.17) is 12.2 Å². The van der Waals surface area contributed by atoms with Crippen LogP contribution < -0.4 is 16.1 Å². The largest absolute Gasteiger partial charge is 0.347 e. The van der Waals surface area contributed by atoms with Crippen molar-refractivity contribution in [1.29, 1.82) is 0 Å². The molecule has 0 aliphatic carbocycles. The number of hydrazine groups is 1. The number of nitrogens with zero attached hydrogens (tertiary/aromatic N) is 2. The lowest BCUT2D eigenvalue weighted by Crippen LogP contribution is -2.60. The number of thioether (sulfide) groups is 1. The third kappa shape index (κ3) is 4.87. The van der Waals surface area contributed by atoms with Crippen LogP contribution in [-0.2, 0) is 0 Å². The van der Waals surface area contributed by atoms with Gasteiger partial charge in [0.25, 0.3) is 0 Å². The van der Waals surface area contributed by atoms with E-state index in [-0.39, 0.29) is 0 Å². The van der Waals surface area contributed by atoms with Crippen molar-refractivity contribution in [2.45, 2.75) is 24.8 Å². The second-order valence-electron chi connectivity index (χ2n) is 7.95. The molecule has 3 aromatic rings. The van der Waals surface area contributed by atoms with Crippen LogP contribution in [0.2, 0.25) is 0 Å². The lowest BCUT2D eigenvalue weighted by atomic mass is 10.1. The number of fused-ring (bicyclic) bond motifs is 1. The summed E-state index contributed by atoms with van der Waals surface area (Å²) >= 11 is 6.71. The maximum Gasteiger partial charge on any atom is 0.347 e. The number of benzene rings is 3. The molecule has 170 valence electrons. The number of carbonyl (C=O) groups excluding carboxylic acids is 2. The van der Waals surface area contributed by atoms with Crippen molar-refractivity contribution < 1.29 is 14.8 Å². The Balaban J connectivity index is 1.51. The lowest BCUT2D eigenvalue weighted by Gasteiger charge is -2.36. The Morgan fingerprint density at radius 1 is 1.00 bits per heavy atom. The van der Waals surface area contributed by atoms with Gasteiger partial charge in [-0.3, -0.25) is 5.21 Å². The number of rotatable bonds is 4. The van der Waals surface area contributed by atoms with Crippen molar-refractivity contribution in [3.05, 3.63) is 72.8 Å². The molecule has 4 rings (SSSR count). The van der Waals surface area contributed by atoms with E-state index in [1.54, 1.807) is 30.3 Å². The quantitative estimate of drug-likeness (QED) is 0.231. The summed E-state index contributed by atoms with van der Waals surface area (Å²) in [7, 11) is 0. The Labute approximate surface area is 200 Å². The minimum atomic E-state index is -0.947. The maximum atomic E-state index is 12.9. The summed E-state index contributed by atoms with van der Waals surface area (Å²) in [5.41, 5.74) is 3.84. The van der Waals surface area contributed by atoms with Gasteiger partial charge >= 0.3 is 12.1 Å². The van der Waals surface area contributed by atoms with Gasteiger partial charge in [-0.25, -0.2) is 20.0 Å².